The van der Waals surface area contributed by atoms with E-state index in [0.29, 0.717) is 38.9 Å². The summed E-state index contributed by atoms with van der Waals surface area (Å²) in [5.41, 5.74) is 1.44. The van der Waals surface area contributed by atoms with Gasteiger partial charge in [-0.2, -0.15) is 0 Å². The number of β-amino-alcohol motifs (C(OH)–C–C–N with tert-alkyl or cyclic N) is 1. The number of anilines is 1. The molecule has 32 heavy (non-hydrogen) atoms. The molecular weight excluding hydrogens is 466 g/mol. The molecule has 0 saturated carbocycles. The predicted molar refractivity (Wildman–Crippen MR) is 132 cm³/mol. The van der Waals surface area contributed by atoms with E-state index in [0.717, 1.165) is 10.3 Å². The summed E-state index contributed by atoms with van der Waals surface area (Å²) in [6.07, 6.45) is 7.63. The second kappa shape index (κ2) is 9.92. The predicted octanol–water partition coefficient (Wildman–Crippen LogP) is 5.02. The standard InChI is InChI=1S/C26H30BrN3O2/c1-21(22-8-4-2-5-9-22)18-25(31)29-14-12-26(32,13-15-29)20-28-16-17-30(24(27)19-28)23-10-6-3-7-11-23/h2-11,16-17,19,21,32H,12-15,18,20H2,1H3/t21-/m1/s1. The lowest BCUT2D eigenvalue weighted by Crippen LogP contribution is -2.51. The van der Waals surface area contributed by atoms with Gasteiger partial charge in [-0.15, -0.1) is 0 Å². The van der Waals surface area contributed by atoms with Crippen molar-refractivity contribution in [2.45, 2.75) is 37.7 Å². The fourth-order valence-electron chi connectivity index (χ4n) is 4.32. The maximum absolute atomic E-state index is 12.8. The van der Waals surface area contributed by atoms with Gasteiger partial charge in [-0.05, 0) is 52.4 Å². The van der Waals surface area contributed by atoms with Gasteiger partial charge < -0.3 is 19.8 Å². The average Bonchev–Trinajstić information content (AvgIpc) is 2.80. The molecule has 1 N–H and O–H groups in total. The minimum Gasteiger partial charge on any atom is -0.388 e. The number of benzene rings is 2. The van der Waals surface area contributed by atoms with E-state index in [9.17, 15) is 9.90 Å². The van der Waals surface area contributed by atoms with Gasteiger partial charge in [0.1, 0.15) is 4.61 Å². The van der Waals surface area contributed by atoms with Crippen molar-refractivity contribution >= 4 is 27.5 Å². The maximum Gasteiger partial charge on any atom is 0.223 e. The van der Waals surface area contributed by atoms with Crippen molar-refractivity contribution < 1.29 is 9.90 Å². The van der Waals surface area contributed by atoms with E-state index < -0.39 is 5.60 Å². The van der Waals surface area contributed by atoms with Crippen LogP contribution in [0.3, 0.4) is 0 Å². The normalized spacial score (nSPS) is 19.0. The zero-order valence-corrected chi connectivity index (χ0v) is 20.0. The van der Waals surface area contributed by atoms with E-state index in [4.69, 9.17) is 0 Å². The molecule has 0 bridgehead atoms. The Morgan fingerprint density at radius 2 is 1.66 bits per heavy atom. The zero-order valence-electron chi connectivity index (χ0n) is 18.4. The molecule has 0 aliphatic carbocycles. The molecule has 2 aliphatic rings. The van der Waals surface area contributed by atoms with Gasteiger partial charge in [0.05, 0.1) is 12.1 Å². The van der Waals surface area contributed by atoms with E-state index in [1.54, 1.807) is 0 Å². The van der Waals surface area contributed by atoms with Crippen LogP contribution in [0.2, 0.25) is 0 Å². The third-order valence-corrected chi connectivity index (χ3v) is 6.90. The smallest absolute Gasteiger partial charge is 0.223 e. The summed E-state index contributed by atoms with van der Waals surface area (Å²) in [6, 6.07) is 20.3. The van der Waals surface area contributed by atoms with E-state index in [2.05, 4.69) is 39.9 Å². The Hall–Kier alpha value is -2.57. The number of para-hydroxylation sites is 1. The number of aliphatic hydroxyl groups is 1. The Morgan fingerprint density at radius 1 is 1.03 bits per heavy atom. The lowest BCUT2D eigenvalue weighted by Gasteiger charge is -2.41. The number of rotatable bonds is 6. The zero-order chi connectivity index (χ0) is 22.6. The van der Waals surface area contributed by atoms with Crippen LogP contribution in [0.4, 0.5) is 5.69 Å². The molecule has 2 aliphatic heterocycles. The summed E-state index contributed by atoms with van der Waals surface area (Å²) in [6.45, 7) is 3.79. The molecule has 168 valence electrons. The quantitative estimate of drug-likeness (QED) is 0.571. The average molecular weight is 496 g/mol. The molecular formula is C26H30BrN3O2. The van der Waals surface area contributed by atoms with Crippen molar-refractivity contribution in [2.24, 2.45) is 0 Å². The highest BCUT2D eigenvalue weighted by Crippen LogP contribution is 2.30. The molecule has 2 aromatic rings. The van der Waals surface area contributed by atoms with E-state index in [-0.39, 0.29) is 11.8 Å². The van der Waals surface area contributed by atoms with Gasteiger partial charge in [0.15, 0.2) is 0 Å². The van der Waals surface area contributed by atoms with Crippen LogP contribution < -0.4 is 4.90 Å². The Morgan fingerprint density at radius 3 is 2.28 bits per heavy atom. The summed E-state index contributed by atoms with van der Waals surface area (Å²) >= 11 is 3.64. The number of likely N-dealkylation sites (tertiary alicyclic amines) is 1. The number of halogens is 1. The third kappa shape index (κ3) is 5.43. The second-order valence-corrected chi connectivity index (χ2v) is 9.56. The van der Waals surface area contributed by atoms with Gasteiger partial charge in [0.2, 0.25) is 5.91 Å². The van der Waals surface area contributed by atoms with Crippen molar-refractivity contribution in [1.82, 2.24) is 9.80 Å². The topological polar surface area (TPSA) is 47.0 Å². The number of carbonyl (C=O) groups is 1. The number of hydrogen-bond acceptors (Lipinski definition) is 4. The summed E-state index contributed by atoms with van der Waals surface area (Å²) in [7, 11) is 0. The van der Waals surface area contributed by atoms with Gasteiger partial charge >= 0.3 is 0 Å². The van der Waals surface area contributed by atoms with Gasteiger partial charge in [-0.3, -0.25) is 4.79 Å². The molecule has 1 amide bonds. The van der Waals surface area contributed by atoms with Crippen LogP contribution in [0.15, 0.2) is 83.9 Å². The summed E-state index contributed by atoms with van der Waals surface area (Å²) < 4.78 is 0.914. The first-order chi connectivity index (χ1) is 15.4. The molecule has 5 nitrogen and oxygen atoms in total. The molecule has 6 heteroatoms. The number of hydrogen-bond donors (Lipinski definition) is 1. The molecule has 1 atom stereocenters. The van der Waals surface area contributed by atoms with Gasteiger partial charge in [-0.1, -0.05) is 55.5 Å². The first kappa shape index (κ1) is 22.6. The van der Waals surface area contributed by atoms with E-state index in [1.807, 2.05) is 76.9 Å². The molecule has 2 heterocycles. The minimum absolute atomic E-state index is 0.169. The summed E-state index contributed by atoms with van der Waals surface area (Å²) in [5, 5.41) is 11.2. The van der Waals surface area contributed by atoms with E-state index >= 15 is 0 Å². The molecule has 1 fully saturated rings. The lowest BCUT2D eigenvalue weighted by molar-refractivity contribution is -0.136. The van der Waals surface area contributed by atoms with Crippen LogP contribution >= 0.6 is 15.9 Å². The number of nitrogens with zero attached hydrogens (tertiary/aromatic N) is 3. The molecule has 0 spiro atoms. The van der Waals surface area contributed by atoms with Crippen molar-refractivity contribution in [2.75, 3.05) is 24.5 Å². The molecule has 4 rings (SSSR count). The van der Waals surface area contributed by atoms with Crippen molar-refractivity contribution in [3.63, 3.8) is 0 Å². The molecule has 2 aromatic carbocycles. The monoisotopic (exact) mass is 495 g/mol. The highest BCUT2D eigenvalue weighted by molar-refractivity contribution is 9.11. The van der Waals surface area contributed by atoms with Crippen molar-refractivity contribution in [3.05, 3.63) is 89.4 Å². The van der Waals surface area contributed by atoms with Crippen LogP contribution in [0.25, 0.3) is 0 Å². The van der Waals surface area contributed by atoms with Crippen LogP contribution in [0.5, 0.6) is 0 Å². The Balaban J connectivity index is 1.29. The van der Waals surface area contributed by atoms with Gasteiger partial charge in [0, 0.05) is 43.8 Å². The number of amides is 1. The van der Waals surface area contributed by atoms with E-state index in [1.165, 1.54) is 5.56 Å². The molecule has 0 radical (unpaired) electrons. The first-order valence-corrected chi connectivity index (χ1v) is 11.9. The van der Waals surface area contributed by atoms with Crippen LogP contribution in [-0.4, -0.2) is 46.0 Å². The Bertz CT molecular complexity index is 969. The fraction of sp³-hybridized carbons (Fsp3) is 0.346. The Kier molecular flexibility index (Phi) is 7.01. The fourth-order valence-corrected chi connectivity index (χ4v) is 4.91. The third-order valence-electron chi connectivity index (χ3n) is 6.32. The van der Waals surface area contributed by atoms with Crippen LogP contribution in [-0.2, 0) is 4.79 Å². The van der Waals surface area contributed by atoms with Crippen molar-refractivity contribution in [3.8, 4) is 0 Å². The van der Waals surface area contributed by atoms with Gasteiger partial charge in [0.25, 0.3) is 0 Å². The SMILES string of the molecule is C[C@H](CC(=O)N1CCC(O)(CN2C=CN(c3ccccc3)C(Br)=C2)CC1)c1ccccc1. The maximum atomic E-state index is 12.8. The number of piperidine rings is 1. The van der Waals surface area contributed by atoms with Gasteiger partial charge in [-0.25, -0.2) is 0 Å². The highest BCUT2D eigenvalue weighted by atomic mass is 79.9. The summed E-state index contributed by atoms with van der Waals surface area (Å²) in [5.74, 6) is 0.362. The number of carbonyl (C=O) groups excluding carboxylic acids is 1. The Labute approximate surface area is 198 Å². The first-order valence-electron chi connectivity index (χ1n) is 11.1. The van der Waals surface area contributed by atoms with Crippen LogP contribution in [0.1, 0.15) is 37.7 Å². The molecule has 0 aromatic heterocycles. The summed E-state index contributed by atoms with van der Waals surface area (Å²) in [4.78, 5) is 18.8. The molecule has 1 saturated heterocycles. The highest BCUT2D eigenvalue weighted by Gasteiger charge is 2.35. The molecule has 0 unspecified atom stereocenters. The minimum atomic E-state index is -0.815. The van der Waals surface area contributed by atoms with Crippen molar-refractivity contribution in [1.29, 1.82) is 0 Å². The second-order valence-electron chi connectivity index (χ2n) is 8.75. The van der Waals surface area contributed by atoms with Crippen LogP contribution in [0, 0.1) is 0 Å². The largest absolute Gasteiger partial charge is 0.388 e. The lowest BCUT2D eigenvalue weighted by atomic mass is 9.90.